The molecule has 2 rings (SSSR count). The molecule has 0 aliphatic carbocycles. The van der Waals surface area contributed by atoms with Gasteiger partial charge in [-0.15, -0.1) is 11.3 Å². The highest BCUT2D eigenvalue weighted by molar-refractivity contribution is 9.12. The van der Waals surface area contributed by atoms with Crippen molar-refractivity contribution in [2.45, 2.75) is 25.8 Å². The number of hydrogen-bond donors (Lipinski definition) is 1. The lowest BCUT2D eigenvalue weighted by atomic mass is 10.2. The third kappa shape index (κ3) is 3.35. The fourth-order valence-corrected chi connectivity index (χ4v) is 4.97. The molecule has 1 amide bonds. The molecule has 1 atom stereocenters. The summed E-state index contributed by atoms with van der Waals surface area (Å²) in [6.07, 6.45) is 2.38. The molecular weight excluding hydrogens is 380 g/mol. The summed E-state index contributed by atoms with van der Waals surface area (Å²) in [5, 5.41) is 3.44. The smallest absolute Gasteiger partial charge is 0.255 e. The molecule has 0 aromatic carbocycles. The summed E-state index contributed by atoms with van der Waals surface area (Å²) in [4.78, 5) is 14.4. The standard InChI is InChI=1S/C12H16Br2N2OS/c1-2-16(7-8-4-3-5-15-8)12(17)9-6-10(13)18-11(9)14/h6,8,15H,2-5,7H2,1H3. The summed E-state index contributed by atoms with van der Waals surface area (Å²) >= 11 is 8.41. The maximum absolute atomic E-state index is 12.5. The van der Waals surface area contributed by atoms with Crippen LogP contribution in [0.1, 0.15) is 30.1 Å². The molecule has 2 heterocycles. The van der Waals surface area contributed by atoms with Gasteiger partial charge in [-0.1, -0.05) is 0 Å². The fraction of sp³-hybridized carbons (Fsp3) is 0.583. The zero-order valence-electron chi connectivity index (χ0n) is 10.2. The van der Waals surface area contributed by atoms with Crippen molar-refractivity contribution in [1.29, 1.82) is 0 Å². The highest BCUT2D eigenvalue weighted by atomic mass is 79.9. The molecule has 0 radical (unpaired) electrons. The molecule has 1 saturated heterocycles. The number of carbonyl (C=O) groups excluding carboxylic acids is 1. The van der Waals surface area contributed by atoms with Gasteiger partial charge in [0.25, 0.3) is 5.91 Å². The Labute approximate surface area is 128 Å². The van der Waals surface area contributed by atoms with Gasteiger partial charge in [0.1, 0.15) is 0 Å². The molecule has 6 heteroatoms. The van der Waals surface area contributed by atoms with Crippen LogP contribution in [0.3, 0.4) is 0 Å². The van der Waals surface area contributed by atoms with Gasteiger partial charge in [0.2, 0.25) is 0 Å². The third-order valence-corrected chi connectivity index (χ3v) is 5.50. The van der Waals surface area contributed by atoms with E-state index in [1.807, 2.05) is 17.9 Å². The van der Waals surface area contributed by atoms with Crippen LogP contribution in [0.5, 0.6) is 0 Å². The van der Waals surface area contributed by atoms with E-state index in [4.69, 9.17) is 0 Å². The van der Waals surface area contributed by atoms with E-state index in [1.165, 1.54) is 17.8 Å². The number of hydrogen-bond acceptors (Lipinski definition) is 3. The molecule has 1 fully saturated rings. The topological polar surface area (TPSA) is 32.3 Å². The van der Waals surface area contributed by atoms with E-state index in [0.717, 1.165) is 39.2 Å². The van der Waals surface area contributed by atoms with Crippen molar-refractivity contribution < 1.29 is 4.79 Å². The summed E-state index contributed by atoms with van der Waals surface area (Å²) in [6, 6.07) is 2.34. The van der Waals surface area contributed by atoms with Gasteiger partial charge in [-0.3, -0.25) is 4.79 Å². The van der Waals surface area contributed by atoms with Crippen LogP contribution in [0.2, 0.25) is 0 Å². The van der Waals surface area contributed by atoms with E-state index in [9.17, 15) is 4.79 Å². The van der Waals surface area contributed by atoms with Crippen LogP contribution < -0.4 is 5.32 Å². The third-order valence-electron chi connectivity index (χ3n) is 3.16. The van der Waals surface area contributed by atoms with Gasteiger partial charge < -0.3 is 10.2 Å². The van der Waals surface area contributed by atoms with Crippen molar-refractivity contribution >= 4 is 49.1 Å². The van der Waals surface area contributed by atoms with Gasteiger partial charge in [0, 0.05) is 19.1 Å². The first-order valence-corrected chi connectivity index (χ1v) is 8.49. The minimum atomic E-state index is 0.111. The van der Waals surface area contributed by atoms with E-state index in [0.29, 0.717) is 6.04 Å². The first-order valence-electron chi connectivity index (χ1n) is 6.09. The van der Waals surface area contributed by atoms with Crippen LogP contribution in [0.4, 0.5) is 0 Å². The molecule has 1 aliphatic heterocycles. The zero-order valence-corrected chi connectivity index (χ0v) is 14.2. The van der Waals surface area contributed by atoms with E-state index < -0.39 is 0 Å². The Morgan fingerprint density at radius 1 is 1.61 bits per heavy atom. The monoisotopic (exact) mass is 394 g/mol. The number of nitrogens with zero attached hydrogens (tertiary/aromatic N) is 1. The lowest BCUT2D eigenvalue weighted by Gasteiger charge is -2.24. The fourth-order valence-electron chi connectivity index (χ4n) is 2.19. The van der Waals surface area contributed by atoms with Crippen LogP contribution in [0.15, 0.2) is 13.6 Å². The summed E-state index contributed by atoms with van der Waals surface area (Å²) in [6.45, 7) is 4.65. The first kappa shape index (κ1) is 14.5. The Bertz CT molecular complexity index is 430. The van der Waals surface area contributed by atoms with Crippen LogP contribution in [0.25, 0.3) is 0 Å². The maximum atomic E-state index is 12.5. The van der Waals surface area contributed by atoms with Crippen molar-refractivity contribution in [3.8, 4) is 0 Å². The van der Waals surface area contributed by atoms with Crippen molar-refractivity contribution in [3.63, 3.8) is 0 Å². The number of rotatable bonds is 4. The summed E-state index contributed by atoms with van der Waals surface area (Å²) < 4.78 is 1.88. The number of thiophene rings is 1. The minimum Gasteiger partial charge on any atom is -0.337 e. The average Bonchev–Trinajstić information content (AvgIpc) is 2.95. The molecule has 1 aromatic heterocycles. The van der Waals surface area contributed by atoms with Crippen molar-refractivity contribution in [3.05, 3.63) is 19.2 Å². The number of halogens is 2. The van der Waals surface area contributed by atoms with E-state index in [2.05, 4.69) is 37.2 Å². The van der Waals surface area contributed by atoms with Gasteiger partial charge in [0.05, 0.1) is 13.1 Å². The maximum Gasteiger partial charge on any atom is 0.255 e. The Kier molecular flexibility index (Phi) is 5.24. The Balaban J connectivity index is 2.07. The second kappa shape index (κ2) is 6.50. The number of nitrogens with one attached hydrogen (secondary N) is 1. The number of amides is 1. The highest BCUT2D eigenvalue weighted by Crippen LogP contribution is 2.32. The van der Waals surface area contributed by atoms with E-state index in [1.54, 1.807) is 0 Å². The molecule has 0 bridgehead atoms. The quantitative estimate of drug-likeness (QED) is 0.846. The number of carbonyl (C=O) groups is 1. The molecule has 0 saturated carbocycles. The van der Waals surface area contributed by atoms with Crippen molar-refractivity contribution in [1.82, 2.24) is 10.2 Å². The Morgan fingerprint density at radius 2 is 2.39 bits per heavy atom. The second-order valence-corrected chi connectivity index (χ2v) is 8.12. The van der Waals surface area contributed by atoms with Gasteiger partial charge in [-0.05, 0) is 64.2 Å². The molecule has 1 N–H and O–H groups in total. The Morgan fingerprint density at radius 3 is 2.89 bits per heavy atom. The van der Waals surface area contributed by atoms with E-state index in [-0.39, 0.29) is 5.91 Å². The van der Waals surface area contributed by atoms with Gasteiger partial charge >= 0.3 is 0 Å². The molecule has 0 spiro atoms. The van der Waals surface area contributed by atoms with Crippen molar-refractivity contribution in [2.75, 3.05) is 19.6 Å². The van der Waals surface area contributed by atoms with Gasteiger partial charge in [-0.25, -0.2) is 0 Å². The highest BCUT2D eigenvalue weighted by Gasteiger charge is 2.23. The van der Waals surface area contributed by atoms with E-state index >= 15 is 0 Å². The molecule has 100 valence electrons. The van der Waals surface area contributed by atoms with Crippen molar-refractivity contribution in [2.24, 2.45) is 0 Å². The van der Waals surface area contributed by atoms with Gasteiger partial charge in [-0.2, -0.15) is 0 Å². The predicted molar refractivity (Wildman–Crippen MR) is 82.3 cm³/mol. The molecule has 18 heavy (non-hydrogen) atoms. The lowest BCUT2D eigenvalue weighted by molar-refractivity contribution is 0.0751. The van der Waals surface area contributed by atoms with Crippen LogP contribution in [0, 0.1) is 0 Å². The number of likely N-dealkylation sites (N-methyl/N-ethyl adjacent to an activating group) is 1. The normalized spacial score (nSPS) is 19.2. The predicted octanol–water partition coefficient (Wildman–Crippen LogP) is 3.49. The first-order chi connectivity index (χ1) is 8.61. The van der Waals surface area contributed by atoms with Crippen LogP contribution in [-0.2, 0) is 0 Å². The van der Waals surface area contributed by atoms with Crippen LogP contribution >= 0.6 is 43.2 Å². The molecule has 1 aliphatic rings. The summed E-state index contributed by atoms with van der Waals surface area (Å²) in [5.74, 6) is 0.111. The molecule has 1 aromatic rings. The van der Waals surface area contributed by atoms with Gasteiger partial charge in [0.15, 0.2) is 0 Å². The molecule has 3 nitrogen and oxygen atoms in total. The largest absolute Gasteiger partial charge is 0.337 e. The summed E-state index contributed by atoms with van der Waals surface area (Å²) in [5.41, 5.74) is 0.756. The second-order valence-electron chi connectivity index (χ2n) is 4.37. The average molecular weight is 396 g/mol. The van der Waals surface area contributed by atoms with Crippen LogP contribution in [-0.4, -0.2) is 36.5 Å². The minimum absolute atomic E-state index is 0.111. The lowest BCUT2D eigenvalue weighted by Crippen LogP contribution is -2.41. The summed E-state index contributed by atoms with van der Waals surface area (Å²) in [7, 11) is 0. The Hall–Kier alpha value is 0.0900. The molecule has 1 unspecified atom stereocenters. The molecular formula is C12H16Br2N2OS. The zero-order chi connectivity index (χ0) is 13.1. The SMILES string of the molecule is CCN(CC1CCCN1)C(=O)c1cc(Br)sc1Br.